The summed E-state index contributed by atoms with van der Waals surface area (Å²) in [6, 6.07) is 6.08. The molecule has 1 aromatic rings. The van der Waals surface area contributed by atoms with Gasteiger partial charge in [0.15, 0.2) is 0 Å². The van der Waals surface area contributed by atoms with Crippen molar-refractivity contribution in [1.29, 1.82) is 0 Å². The van der Waals surface area contributed by atoms with Gasteiger partial charge in [0, 0.05) is 18.4 Å². The van der Waals surface area contributed by atoms with E-state index in [4.69, 9.17) is 0 Å². The first-order valence-corrected chi connectivity index (χ1v) is 6.44. The van der Waals surface area contributed by atoms with Gasteiger partial charge in [0.1, 0.15) is 5.78 Å². The van der Waals surface area contributed by atoms with Crippen molar-refractivity contribution in [3.8, 4) is 0 Å². The van der Waals surface area contributed by atoms with Gasteiger partial charge in [-0.2, -0.15) is 0 Å². The zero-order valence-corrected chi connectivity index (χ0v) is 10.8. The van der Waals surface area contributed by atoms with E-state index in [9.17, 15) is 20.0 Å². The van der Waals surface area contributed by atoms with Crippen molar-refractivity contribution < 1.29 is 14.8 Å². The summed E-state index contributed by atoms with van der Waals surface area (Å²) in [6.07, 6.45) is 0.783. The lowest BCUT2D eigenvalue weighted by Gasteiger charge is -2.29. The molecule has 0 saturated heterocycles. The van der Waals surface area contributed by atoms with Crippen molar-refractivity contribution in [3.63, 3.8) is 0 Å². The molecular formula is C14H17NO4. The molecule has 0 aliphatic heterocycles. The van der Waals surface area contributed by atoms with Gasteiger partial charge >= 0.3 is 0 Å². The van der Waals surface area contributed by atoms with Crippen molar-refractivity contribution in [2.24, 2.45) is 11.8 Å². The van der Waals surface area contributed by atoms with Gasteiger partial charge in [-0.15, -0.1) is 0 Å². The summed E-state index contributed by atoms with van der Waals surface area (Å²) < 4.78 is 0. The molecule has 1 N–H and O–H groups in total. The van der Waals surface area contributed by atoms with Crippen LogP contribution in [-0.2, 0) is 4.79 Å². The van der Waals surface area contributed by atoms with Crippen LogP contribution in [0.15, 0.2) is 24.3 Å². The average molecular weight is 263 g/mol. The molecule has 3 unspecified atom stereocenters. The quantitative estimate of drug-likeness (QED) is 0.671. The standard InChI is InChI=1S/C14H17NO4/c1-9-6-7-13(16)11(8-9)14(17)10-4-2-3-5-12(10)15(18)19/h2-5,9,11,14,17H,6-8H2,1H3. The molecule has 0 amide bonds. The van der Waals surface area contributed by atoms with E-state index in [2.05, 4.69) is 0 Å². The number of hydrogen-bond acceptors (Lipinski definition) is 4. The van der Waals surface area contributed by atoms with Crippen LogP contribution in [0.2, 0.25) is 0 Å². The number of benzene rings is 1. The summed E-state index contributed by atoms with van der Waals surface area (Å²) in [7, 11) is 0. The first kappa shape index (κ1) is 13.7. The van der Waals surface area contributed by atoms with Crippen LogP contribution >= 0.6 is 0 Å². The van der Waals surface area contributed by atoms with Crippen molar-refractivity contribution in [1.82, 2.24) is 0 Å². The number of ketones is 1. The Morgan fingerprint density at radius 3 is 2.79 bits per heavy atom. The number of para-hydroxylation sites is 1. The molecule has 0 bridgehead atoms. The molecule has 19 heavy (non-hydrogen) atoms. The number of nitro benzene ring substituents is 1. The molecule has 0 heterocycles. The van der Waals surface area contributed by atoms with Crippen LogP contribution < -0.4 is 0 Å². The van der Waals surface area contributed by atoms with Crippen molar-refractivity contribution in [2.75, 3.05) is 0 Å². The van der Waals surface area contributed by atoms with Crippen LogP contribution in [0.1, 0.15) is 37.9 Å². The zero-order chi connectivity index (χ0) is 14.0. The predicted octanol–water partition coefficient (Wildman–Crippen LogP) is 2.63. The number of Topliss-reactive ketones (excluding diaryl/α,β-unsaturated/α-hetero) is 1. The van der Waals surface area contributed by atoms with E-state index < -0.39 is 16.9 Å². The maximum absolute atomic E-state index is 11.9. The summed E-state index contributed by atoms with van der Waals surface area (Å²) in [4.78, 5) is 22.4. The molecule has 102 valence electrons. The summed E-state index contributed by atoms with van der Waals surface area (Å²) in [5.41, 5.74) is 0.112. The zero-order valence-electron chi connectivity index (χ0n) is 10.8. The highest BCUT2D eigenvalue weighted by Crippen LogP contribution is 2.37. The van der Waals surface area contributed by atoms with Crippen molar-refractivity contribution in [2.45, 2.75) is 32.3 Å². The number of carbonyl (C=O) groups is 1. The molecule has 2 rings (SSSR count). The van der Waals surface area contributed by atoms with Gasteiger partial charge in [-0.3, -0.25) is 14.9 Å². The molecule has 1 aliphatic rings. The van der Waals surface area contributed by atoms with E-state index in [1.807, 2.05) is 6.92 Å². The highest BCUT2D eigenvalue weighted by Gasteiger charge is 2.35. The summed E-state index contributed by atoms with van der Waals surface area (Å²) in [6.45, 7) is 2.03. The van der Waals surface area contributed by atoms with E-state index >= 15 is 0 Å². The van der Waals surface area contributed by atoms with Crippen LogP contribution in [0.5, 0.6) is 0 Å². The number of hydrogen-bond donors (Lipinski definition) is 1. The molecule has 0 radical (unpaired) electrons. The Labute approximate surface area is 111 Å². The maximum atomic E-state index is 11.9. The van der Waals surface area contributed by atoms with Crippen LogP contribution in [0.3, 0.4) is 0 Å². The highest BCUT2D eigenvalue weighted by molar-refractivity contribution is 5.82. The van der Waals surface area contributed by atoms with Gasteiger partial charge in [0.2, 0.25) is 0 Å². The molecule has 1 saturated carbocycles. The number of aliphatic hydroxyl groups is 1. The molecular weight excluding hydrogens is 246 g/mol. The second kappa shape index (κ2) is 5.48. The Morgan fingerprint density at radius 1 is 1.42 bits per heavy atom. The minimum Gasteiger partial charge on any atom is -0.387 e. The SMILES string of the molecule is CC1CCC(=O)C(C(O)c2ccccc2[N+](=O)[O-])C1. The Bertz CT molecular complexity index is 500. The molecule has 1 fully saturated rings. The van der Waals surface area contributed by atoms with Gasteiger partial charge in [0.05, 0.1) is 16.6 Å². The molecule has 5 nitrogen and oxygen atoms in total. The van der Waals surface area contributed by atoms with Crippen LogP contribution in [-0.4, -0.2) is 15.8 Å². The first-order valence-electron chi connectivity index (χ1n) is 6.44. The number of aliphatic hydroxyl groups excluding tert-OH is 1. The topological polar surface area (TPSA) is 80.4 Å². The van der Waals surface area contributed by atoms with E-state index in [1.165, 1.54) is 12.1 Å². The van der Waals surface area contributed by atoms with Crippen LogP contribution in [0, 0.1) is 22.0 Å². The second-order valence-corrected chi connectivity index (χ2v) is 5.21. The van der Waals surface area contributed by atoms with Crippen molar-refractivity contribution >= 4 is 11.5 Å². The lowest BCUT2D eigenvalue weighted by atomic mass is 9.77. The number of nitrogens with zero attached hydrogens (tertiary/aromatic N) is 1. The number of nitro groups is 1. The van der Waals surface area contributed by atoms with Gasteiger partial charge < -0.3 is 5.11 Å². The minimum atomic E-state index is -1.09. The smallest absolute Gasteiger partial charge is 0.275 e. The lowest BCUT2D eigenvalue weighted by molar-refractivity contribution is -0.386. The van der Waals surface area contributed by atoms with Gasteiger partial charge in [-0.05, 0) is 24.8 Å². The third-order valence-corrected chi connectivity index (χ3v) is 3.79. The Morgan fingerprint density at radius 2 is 2.11 bits per heavy atom. The van der Waals surface area contributed by atoms with Gasteiger partial charge in [-0.1, -0.05) is 19.1 Å². The van der Waals surface area contributed by atoms with Crippen LogP contribution in [0.4, 0.5) is 5.69 Å². The molecule has 1 aromatic carbocycles. The van der Waals surface area contributed by atoms with E-state index in [1.54, 1.807) is 12.1 Å². The van der Waals surface area contributed by atoms with Gasteiger partial charge in [-0.25, -0.2) is 0 Å². The molecule has 3 atom stereocenters. The van der Waals surface area contributed by atoms with Crippen LogP contribution in [0.25, 0.3) is 0 Å². The fourth-order valence-electron chi connectivity index (χ4n) is 2.68. The Kier molecular flexibility index (Phi) is 3.95. The fraction of sp³-hybridized carbons (Fsp3) is 0.500. The summed E-state index contributed by atoms with van der Waals surface area (Å²) in [5.74, 6) is -0.159. The molecule has 1 aliphatic carbocycles. The van der Waals surface area contributed by atoms with Gasteiger partial charge in [0.25, 0.3) is 5.69 Å². The van der Waals surface area contributed by atoms with E-state index in [-0.39, 0.29) is 17.0 Å². The average Bonchev–Trinajstić information content (AvgIpc) is 2.40. The maximum Gasteiger partial charge on any atom is 0.275 e. The highest BCUT2D eigenvalue weighted by atomic mass is 16.6. The molecule has 0 aromatic heterocycles. The third kappa shape index (κ3) is 2.81. The Balaban J connectivity index is 2.30. The summed E-state index contributed by atoms with van der Waals surface area (Å²) >= 11 is 0. The number of rotatable bonds is 3. The lowest BCUT2D eigenvalue weighted by Crippen LogP contribution is -2.29. The largest absolute Gasteiger partial charge is 0.387 e. The number of carbonyl (C=O) groups excluding carboxylic acids is 1. The third-order valence-electron chi connectivity index (χ3n) is 3.79. The minimum absolute atomic E-state index is 0.00347. The summed E-state index contributed by atoms with van der Waals surface area (Å²) in [5, 5.41) is 21.3. The van der Waals surface area contributed by atoms with E-state index in [0.717, 1.165) is 6.42 Å². The fourth-order valence-corrected chi connectivity index (χ4v) is 2.68. The second-order valence-electron chi connectivity index (χ2n) is 5.21. The first-order chi connectivity index (χ1) is 9.00. The normalized spacial score (nSPS) is 25.1. The van der Waals surface area contributed by atoms with Crippen molar-refractivity contribution in [3.05, 3.63) is 39.9 Å². The monoisotopic (exact) mass is 263 g/mol. The Hall–Kier alpha value is -1.75. The molecule has 5 heteroatoms. The molecule has 0 spiro atoms. The predicted molar refractivity (Wildman–Crippen MR) is 69.6 cm³/mol. The van der Waals surface area contributed by atoms with E-state index in [0.29, 0.717) is 18.8 Å².